The molecule has 0 fully saturated rings. The van der Waals surface area contributed by atoms with Crippen molar-refractivity contribution in [3.8, 4) is 5.75 Å². The van der Waals surface area contributed by atoms with Gasteiger partial charge in [0.15, 0.2) is 5.82 Å². The number of nitrogens with zero attached hydrogens (tertiary/aromatic N) is 2. The van der Waals surface area contributed by atoms with Crippen LogP contribution in [0.3, 0.4) is 0 Å². The number of hydrogen-bond donors (Lipinski definition) is 1. The molecule has 2 aromatic rings. The van der Waals surface area contributed by atoms with Gasteiger partial charge in [-0.05, 0) is 43.7 Å². The first-order chi connectivity index (χ1) is 9.78. The lowest BCUT2D eigenvalue weighted by Gasteiger charge is -2.12. The Labute approximate surface area is 120 Å². The van der Waals surface area contributed by atoms with E-state index in [0.717, 1.165) is 18.7 Å². The maximum absolute atomic E-state index is 5.66. The van der Waals surface area contributed by atoms with Crippen LogP contribution in [0, 0.1) is 0 Å². The average Bonchev–Trinajstić information content (AvgIpc) is 2.48. The van der Waals surface area contributed by atoms with Gasteiger partial charge in [-0.1, -0.05) is 19.1 Å². The van der Waals surface area contributed by atoms with Crippen LogP contribution < -0.4 is 10.1 Å². The summed E-state index contributed by atoms with van der Waals surface area (Å²) in [6.07, 6.45) is 4.46. The Hall–Kier alpha value is -1.94. The summed E-state index contributed by atoms with van der Waals surface area (Å²) in [6.45, 7) is 5.72. The van der Waals surface area contributed by atoms with Gasteiger partial charge in [-0.25, -0.2) is 9.97 Å². The number of benzene rings is 1. The highest BCUT2D eigenvalue weighted by atomic mass is 16.5. The van der Waals surface area contributed by atoms with E-state index in [-0.39, 0.29) is 0 Å². The highest BCUT2D eigenvalue weighted by Gasteiger charge is 2.02. The van der Waals surface area contributed by atoms with E-state index in [1.54, 1.807) is 18.5 Å². The zero-order valence-electron chi connectivity index (χ0n) is 12.0. The SMILES string of the molecule is CCNC(C)Cc1ccc(OCc2ncccn2)cc1. The van der Waals surface area contributed by atoms with Crippen molar-refractivity contribution in [3.05, 3.63) is 54.1 Å². The van der Waals surface area contributed by atoms with Crippen molar-refractivity contribution in [2.45, 2.75) is 32.9 Å². The Morgan fingerprint density at radius 1 is 1.15 bits per heavy atom. The van der Waals surface area contributed by atoms with E-state index >= 15 is 0 Å². The molecule has 1 unspecified atom stereocenters. The van der Waals surface area contributed by atoms with E-state index in [9.17, 15) is 0 Å². The topological polar surface area (TPSA) is 47.0 Å². The van der Waals surface area contributed by atoms with E-state index in [1.165, 1.54) is 5.56 Å². The average molecular weight is 271 g/mol. The summed E-state index contributed by atoms with van der Waals surface area (Å²) in [7, 11) is 0. The molecule has 1 aromatic heterocycles. The Morgan fingerprint density at radius 3 is 2.50 bits per heavy atom. The van der Waals surface area contributed by atoms with Gasteiger partial charge < -0.3 is 10.1 Å². The minimum atomic E-state index is 0.397. The summed E-state index contributed by atoms with van der Waals surface area (Å²) >= 11 is 0. The molecule has 20 heavy (non-hydrogen) atoms. The standard InChI is InChI=1S/C16H21N3O/c1-3-17-13(2)11-14-5-7-15(8-6-14)20-12-16-18-9-4-10-19-16/h4-10,13,17H,3,11-12H2,1-2H3. The monoisotopic (exact) mass is 271 g/mol. The van der Waals surface area contributed by atoms with E-state index in [1.807, 2.05) is 12.1 Å². The molecule has 0 aliphatic carbocycles. The fourth-order valence-corrected chi connectivity index (χ4v) is 2.05. The molecule has 4 heteroatoms. The maximum Gasteiger partial charge on any atom is 0.166 e. The van der Waals surface area contributed by atoms with Crippen molar-refractivity contribution >= 4 is 0 Å². The first-order valence-electron chi connectivity index (χ1n) is 6.99. The van der Waals surface area contributed by atoms with Crippen molar-refractivity contribution in [1.82, 2.24) is 15.3 Å². The van der Waals surface area contributed by atoms with E-state index < -0.39 is 0 Å². The van der Waals surface area contributed by atoms with Crippen LogP contribution in [0.25, 0.3) is 0 Å². The Kier molecular flexibility index (Phi) is 5.50. The molecular formula is C16H21N3O. The van der Waals surface area contributed by atoms with Crippen molar-refractivity contribution in [1.29, 1.82) is 0 Å². The Balaban J connectivity index is 1.85. The molecule has 0 saturated heterocycles. The summed E-state index contributed by atoms with van der Waals surface area (Å²) in [5.74, 6) is 1.54. The summed E-state index contributed by atoms with van der Waals surface area (Å²) in [4.78, 5) is 8.25. The first-order valence-corrected chi connectivity index (χ1v) is 6.99. The van der Waals surface area contributed by atoms with Crippen LogP contribution in [0.5, 0.6) is 5.75 Å². The number of rotatable bonds is 7. The zero-order valence-corrected chi connectivity index (χ0v) is 12.0. The largest absolute Gasteiger partial charge is 0.486 e. The first kappa shape index (κ1) is 14.5. The van der Waals surface area contributed by atoms with Gasteiger partial charge in [0.05, 0.1) is 0 Å². The predicted octanol–water partition coefficient (Wildman–Crippen LogP) is 2.60. The maximum atomic E-state index is 5.66. The van der Waals surface area contributed by atoms with Gasteiger partial charge in [0.1, 0.15) is 12.4 Å². The molecule has 0 aliphatic rings. The van der Waals surface area contributed by atoms with Gasteiger partial charge >= 0.3 is 0 Å². The quantitative estimate of drug-likeness (QED) is 0.841. The second-order valence-corrected chi connectivity index (χ2v) is 4.76. The molecular weight excluding hydrogens is 250 g/mol. The summed E-state index contributed by atoms with van der Waals surface area (Å²) < 4.78 is 5.66. The highest BCUT2D eigenvalue weighted by molar-refractivity contribution is 5.27. The van der Waals surface area contributed by atoms with Gasteiger partial charge in [0, 0.05) is 18.4 Å². The molecule has 2 rings (SSSR count). The normalized spacial score (nSPS) is 12.1. The van der Waals surface area contributed by atoms with E-state index in [4.69, 9.17) is 4.74 Å². The third kappa shape index (κ3) is 4.63. The summed E-state index contributed by atoms with van der Waals surface area (Å²) in [5.41, 5.74) is 1.31. The van der Waals surface area contributed by atoms with Crippen molar-refractivity contribution in [2.75, 3.05) is 6.54 Å². The van der Waals surface area contributed by atoms with Crippen LogP contribution in [0.15, 0.2) is 42.7 Å². The number of ether oxygens (including phenoxy) is 1. The van der Waals surface area contributed by atoms with Gasteiger partial charge in [-0.3, -0.25) is 0 Å². The smallest absolute Gasteiger partial charge is 0.166 e. The highest BCUT2D eigenvalue weighted by Crippen LogP contribution is 2.14. The fourth-order valence-electron chi connectivity index (χ4n) is 2.05. The van der Waals surface area contributed by atoms with Crippen LogP contribution in [0.2, 0.25) is 0 Å². The number of likely N-dealkylation sites (N-methyl/N-ethyl adjacent to an activating group) is 1. The summed E-state index contributed by atoms with van der Waals surface area (Å²) in [6, 6.07) is 10.5. The Morgan fingerprint density at radius 2 is 1.85 bits per heavy atom. The molecule has 1 atom stereocenters. The van der Waals surface area contributed by atoms with Gasteiger partial charge in [0.2, 0.25) is 0 Å². The number of hydrogen-bond acceptors (Lipinski definition) is 4. The minimum Gasteiger partial charge on any atom is -0.486 e. The minimum absolute atomic E-state index is 0.397. The zero-order chi connectivity index (χ0) is 14.2. The third-order valence-electron chi connectivity index (χ3n) is 3.01. The van der Waals surface area contributed by atoms with Gasteiger partial charge in [-0.15, -0.1) is 0 Å². The lowest BCUT2D eigenvalue weighted by molar-refractivity contribution is 0.295. The van der Waals surface area contributed by atoms with Crippen LogP contribution in [0.4, 0.5) is 0 Å². The number of aromatic nitrogens is 2. The fraction of sp³-hybridized carbons (Fsp3) is 0.375. The van der Waals surface area contributed by atoms with E-state index in [2.05, 4.69) is 41.3 Å². The van der Waals surface area contributed by atoms with Crippen molar-refractivity contribution < 1.29 is 4.74 Å². The lowest BCUT2D eigenvalue weighted by Crippen LogP contribution is -2.27. The molecule has 0 aliphatic heterocycles. The third-order valence-corrected chi connectivity index (χ3v) is 3.01. The second kappa shape index (κ2) is 7.60. The molecule has 0 bridgehead atoms. The van der Waals surface area contributed by atoms with Gasteiger partial charge in [0.25, 0.3) is 0 Å². The molecule has 1 N–H and O–H groups in total. The molecule has 0 spiro atoms. The molecule has 1 heterocycles. The molecule has 1 aromatic carbocycles. The lowest BCUT2D eigenvalue weighted by atomic mass is 10.1. The van der Waals surface area contributed by atoms with Gasteiger partial charge in [-0.2, -0.15) is 0 Å². The Bertz CT molecular complexity index is 499. The second-order valence-electron chi connectivity index (χ2n) is 4.76. The number of nitrogens with one attached hydrogen (secondary N) is 1. The van der Waals surface area contributed by atoms with Crippen LogP contribution in [0.1, 0.15) is 25.2 Å². The van der Waals surface area contributed by atoms with Crippen molar-refractivity contribution in [3.63, 3.8) is 0 Å². The summed E-state index contributed by atoms with van der Waals surface area (Å²) in [5, 5.41) is 3.41. The molecule has 4 nitrogen and oxygen atoms in total. The van der Waals surface area contributed by atoms with Crippen molar-refractivity contribution in [2.24, 2.45) is 0 Å². The molecule has 0 amide bonds. The van der Waals surface area contributed by atoms with Crippen LogP contribution in [-0.2, 0) is 13.0 Å². The van der Waals surface area contributed by atoms with Crippen LogP contribution in [-0.4, -0.2) is 22.6 Å². The molecule has 0 radical (unpaired) electrons. The predicted molar refractivity (Wildman–Crippen MR) is 79.6 cm³/mol. The van der Waals surface area contributed by atoms with Crippen LogP contribution >= 0.6 is 0 Å². The van der Waals surface area contributed by atoms with E-state index in [0.29, 0.717) is 18.5 Å². The molecule has 106 valence electrons. The molecule has 0 saturated carbocycles.